The second-order valence-electron chi connectivity index (χ2n) is 13.5. The van der Waals surface area contributed by atoms with Crippen LogP contribution in [-0.4, -0.2) is 23.1 Å². The molecule has 4 heteroatoms. The Morgan fingerprint density at radius 1 is 0.419 bits per heavy atom. The predicted octanol–water partition coefficient (Wildman–Crippen LogP) is 13.3. The molecule has 0 bridgehead atoms. The zero-order chi connectivity index (χ0) is 31.5. The van der Waals surface area contributed by atoms with Gasteiger partial charge in [-0.1, -0.05) is 187 Å². The van der Waals surface area contributed by atoms with Crippen molar-refractivity contribution in [3.05, 3.63) is 0 Å². The van der Waals surface area contributed by atoms with Crippen LogP contribution >= 0.6 is 0 Å². The van der Waals surface area contributed by atoms with Gasteiger partial charge in [-0.2, -0.15) is 0 Å². The first-order chi connectivity index (χ1) is 21.1. The first-order valence-corrected chi connectivity index (χ1v) is 19.5. The van der Waals surface area contributed by atoms with Crippen molar-refractivity contribution in [2.75, 3.05) is 0 Å². The molecule has 0 aromatic carbocycles. The summed E-state index contributed by atoms with van der Waals surface area (Å²) in [7, 11) is 0. The molecule has 0 rings (SSSR count). The molecule has 1 atom stereocenters. The first-order valence-electron chi connectivity index (χ1n) is 19.5. The van der Waals surface area contributed by atoms with E-state index in [0.29, 0.717) is 12.8 Å². The van der Waals surface area contributed by atoms with E-state index in [-0.39, 0.29) is 12.1 Å². The Balaban J connectivity index is 3.47. The average Bonchev–Trinajstić information content (AvgIpc) is 2.98. The van der Waals surface area contributed by atoms with Gasteiger partial charge in [0.2, 0.25) is 0 Å². The number of hydrogen-bond donors (Lipinski definition) is 1. The van der Waals surface area contributed by atoms with Gasteiger partial charge in [-0.15, -0.1) is 0 Å². The maximum Gasteiger partial charge on any atom is 0.306 e. The summed E-state index contributed by atoms with van der Waals surface area (Å²) in [6, 6.07) is 0. The van der Waals surface area contributed by atoms with Crippen molar-refractivity contribution in [1.82, 2.24) is 0 Å². The molecule has 0 aliphatic heterocycles. The van der Waals surface area contributed by atoms with Gasteiger partial charge >= 0.3 is 11.9 Å². The Hall–Kier alpha value is -1.06. The van der Waals surface area contributed by atoms with Crippen LogP contribution in [0.2, 0.25) is 0 Å². The maximum absolute atomic E-state index is 12.4. The lowest BCUT2D eigenvalue weighted by Crippen LogP contribution is -2.18. The van der Waals surface area contributed by atoms with Crippen molar-refractivity contribution in [3.63, 3.8) is 0 Å². The van der Waals surface area contributed by atoms with Crippen LogP contribution in [-0.2, 0) is 14.3 Å². The number of hydrogen-bond acceptors (Lipinski definition) is 3. The number of aliphatic carboxylic acids is 1. The van der Waals surface area contributed by atoms with Gasteiger partial charge in [0.25, 0.3) is 0 Å². The molecule has 0 spiro atoms. The summed E-state index contributed by atoms with van der Waals surface area (Å²) in [6.45, 7) is 4.47. The lowest BCUT2D eigenvalue weighted by atomic mass is 10.0. The molecule has 256 valence electrons. The predicted molar refractivity (Wildman–Crippen MR) is 186 cm³/mol. The van der Waals surface area contributed by atoms with Gasteiger partial charge in [-0.3, -0.25) is 9.59 Å². The summed E-state index contributed by atoms with van der Waals surface area (Å²) < 4.78 is 5.87. The van der Waals surface area contributed by atoms with E-state index in [9.17, 15) is 9.59 Å². The minimum Gasteiger partial charge on any atom is -0.481 e. The van der Waals surface area contributed by atoms with Crippen LogP contribution in [0.3, 0.4) is 0 Å². The van der Waals surface area contributed by atoms with E-state index in [1.54, 1.807) is 0 Å². The van der Waals surface area contributed by atoms with Crippen molar-refractivity contribution >= 4 is 11.9 Å². The van der Waals surface area contributed by atoms with E-state index < -0.39 is 5.97 Å². The highest BCUT2D eigenvalue weighted by Crippen LogP contribution is 2.18. The number of carboxylic acids is 1. The van der Waals surface area contributed by atoms with E-state index in [1.165, 1.54) is 167 Å². The van der Waals surface area contributed by atoms with Crippen molar-refractivity contribution in [2.45, 2.75) is 238 Å². The van der Waals surface area contributed by atoms with E-state index >= 15 is 0 Å². The zero-order valence-corrected chi connectivity index (χ0v) is 29.3. The Bertz CT molecular complexity index is 576. The molecule has 0 amide bonds. The number of esters is 1. The normalized spacial score (nSPS) is 12.0. The standard InChI is InChI=1S/C39H76O4/c1-3-5-6-7-8-9-10-20-23-26-29-32-36-39(42)43-37(33-4-2)34-30-27-24-21-18-16-14-12-11-13-15-17-19-22-25-28-31-35-38(40)41/h37H,3-36H2,1-2H3,(H,40,41). The molecule has 0 saturated heterocycles. The molecular formula is C39H76O4. The summed E-state index contributed by atoms with van der Waals surface area (Å²) in [6.07, 6.45) is 41.9. The summed E-state index contributed by atoms with van der Waals surface area (Å²) in [5, 5.41) is 8.65. The van der Waals surface area contributed by atoms with Crippen LogP contribution in [0.15, 0.2) is 0 Å². The average molecular weight is 609 g/mol. The highest BCUT2D eigenvalue weighted by molar-refractivity contribution is 5.69. The fraction of sp³-hybridized carbons (Fsp3) is 0.949. The molecule has 0 aliphatic carbocycles. The largest absolute Gasteiger partial charge is 0.481 e. The SMILES string of the molecule is CCCCCCCCCCCCCCC(=O)OC(CCC)CCCCCCCCCCCCCCCCCCCC(=O)O. The van der Waals surface area contributed by atoms with Crippen molar-refractivity contribution in [2.24, 2.45) is 0 Å². The Kier molecular flexibility index (Phi) is 34.5. The van der Waals surface area contributed by atoms with Gasteiger partial charge in [-0.25, -0.2) is 0 Å². The number of ether oxygens (including phenoxy) is 1. The van der Waals surface area contributed by atoms with Gasteiger partial charge in [0, 0.05) is 12.8 Å². The second kappa shape index (κ2) is 35.4. The summed E-state index contributed by atoms with van der Waals surface area (Å²) >= 11 is 0. The van der Waals surface area contributed by atoms with E-state index in [2.05, 4.69) is 13.8 Å². The molecule has 0 aromatic heterocycles. The fourth-order valence-corrected chi connectivity index (χ4v) is 6.24. The second-order valence-corrected chi connectivity index (χ2v) is 13.5. The lowest BCUT2D eigenvalue weighted by Gasteiger charge is -2.17. The monoisotopic (exact) mass is 609 g/mol. The third-order valence-corrected chi connectivity index (χ3v) is 9.06. The van der Waals surface area contributed by atoms with Gasteiger partial charge in [0.05, 0.1) is 0 Å². The van der Waals surface area contributed by atoms with Gasteiger partial charge in [0.15, 0.2) is 0 Å². The molecular weight excluding hydrogens is 532 g/mol. The number of carboxylic acid groups (broad SMARTS) is 1. The quantitative estimate of drug-likeness (QED) is 0.0567. The molecule has 1 N–H and O–H groups in total. The van der Waals surface area contributed by atoms with Crippen molar-refractivity contribution < 1.29 is 19.4 Å². The minimum atomic E-state index is -0.661. The van der Waals surface area contributed by atoms with E-state index in [0.717, 1.165) is 38.5 Å². The number of rotatable bonds is 36. The lowest BCUT2D eigenvalue weighted by molar-refractivity contribution is -0.150. The van der Waals surface area contributed by atoms with E-state index in [4.69, 9.17) is 9.84 Å². The Labute approximate surface area is 269 Å². The smallest absolute Gasteiger partial charge is 0.306 e. The molecule has 0 aliphatic rings. The number of carbonyl (C=O) groups is 2. The van der Waals surface area contributed by atoms with Crippen LogP contribution in [0.5, 0.6) is 0 Å². The van der Waals surface area contributed by atoms with Crippen LogP contribution in [0.4, 0.5) is 0 Å². The summed E-state index contributed by atoms with van der Waals surface area (Å²) in [5.74, 6) is -0.623. The topological polar surface area (TPSA) is 63.6 Å². The Morgan fingerprint density at radius 3 is 1.09 bits per heavy atom. The number of unbranched alkanes of at least 4 members (excludes halogenated alkanes) is 27. The minimum absolute atomic E-state index is 0.0375. The molecule has 43 heavy (non-hydrogen) atoms. The van der Waals surface area contributed by atoms with Gasteiger partial charge < -0.3 is 9.84 Å². The maximum atomic E-state index is 12.4. The summed E-state index contributed by atoms with van der Waals surface area (Å²) in [5.41, 5.74) is 0. The number of carbonyl (C=O) groups excluding carboxylic acids is 1. The van der Waals surface area contributed by atoms with Gasteiger partial charge in [0.1, 0.15) is 6.10 Å². The third kappa shape index (κ3) is 35.3. The van der Waals surface area contributed by atoms with Crippen LogP contribution in [0.25, 0.3) is 0 Å². The van der Waals surface area contributed by atoms with E-state index in [1.807, 2.05) is 0 Å². The van der Waals surface area contributed by atoms with Gasteiger partial charge in [-0.05, 0) is 32.1 Å². The van der Waals surface area contributed by atoms with Crippen LogP contribution in [0, 0.1) is 0 Å². The zero-order valence-electron chi connectivity index (χ0n) is 29.3. The van der Waals surface area contributed by atoms with Crippen LogP contribution < -0.4 is 0 Å². The summed E-state index contributed by atoms with van der Waals surface area (Å²) in [4.78, 5) is 22.9. The fourth-order valence-electron chi connectivity index (χ4n) is 6.24. The highest BCUT2D eigenvalue weighted by Gasteiger charge is 2.13. The molecule has 0 radical (unpaired) electrons. The first kappa shape index (κ1) is 41.9. The molecule has 1 unspecified atom stereocenters. The molecule has 0 saturated carbocycles. The molecule has 0 aromatic rings. The molecule has 4 nitrogen and oxygen atoms in total. The van der Waals surface area contributed by atoms with Crippen molar-refractivity contribution in [3.8, 4) is 0 Å². The Morgan fingerprint density at radius 2 is 0.744 bits per heavy atom. The highest BCUT2D eigenvalue weighted by atomic mass is 16.5. The van der Waals surface area contributed by atoms with Crippen LogP contribution in [0.1, 0.15) is 232 Å². The van der Waals surface area contributed by atoms with Crippen molar-refractivity contribution in [1.29, 1.82) is 0 Å². The molecule has 0 fully saturated rings. The third-order valence-electron chi connectivity index (χ3n) is 9.06. The molecule has 0 heterocycles.